The maximum absolute atomic E-state index is 13.4. The van der Waals surface area contributed by atoms with Gasteiger partial charge in [-0.15, -0.1) is 0 Å². The minimum absolute atomic E-state index is 0.0608. The number of hydrogen-bond donors (Lipinski definition) is 2. The zero-order valence-electron chi connectivity index (χ0n) is 19.0. The lowest BCUT2D eigenvalue weighted by Crippen LogP contribution is -2.36. The molecule has 3 N–H and O–H groups in total. The lowest BCUT2D eigenvalue weighted by molar-refractivity contribution is 0.0995. The zero-order chi connectivity index (χ0) is 23.8. The van der Waals surface area contributed by atoms with Crippen LogP contribution in [0.25, 0.3) is 22.4 Å². The second kappa shape index (κ2) is 9.13. The Morgan fingerprint density at radius 2 is 1.91 bits per heavy atom. The second-order valence-electron chi connectivity index (χ2n) is 9.08. The van der Waals surface area contributed by atoms with Crippen LogP contribution in [0.4, 0.5) is 0 Å². The minimum atomic E-state index is -1.32. The molecule has 1 aliphatic rings. The molecule has 0 aliphatic carbocycles. The Morgan fingerprint density at radius 1 is 1.18 bits per heavy atom. The van der Waals surface area contributed by atoms with Gasteiger partial charge in [-0.1, -0.05) is 24.3 Å². The van der Waals surface area contributed by atoms with Gasteiger partial charge in [-0.05, 0) is 56.5 Å². The first-order valence-corrected chi connectivity index (χ1v) is 12.0. The molecule has 8 heteroatoms. The van der Waals surface area contributed by atoms with Crippen LogP contribution in [0.15, 0.2) is 54.9 Å². The molecule has 0 saturated heterocycles. The van der Waals surface area contributed by atoms with Gasteiger partial charge in [0.05, 0.1) is 16.5 Å². The van der Waals surface area contributed by atoms with Crippen molar-refractivity contribution in [1.29, 1.82) is 0 Å². The largest absolute Gasteiger partial charge is 0.396 e. The number of carbonyl (C=O) groups excluding carboxylic acids is 1. The number of amides is 1. The van der Waals surface area contributed by atoms with Gasteiger partial charge in [-0.2, -0.15) is 0 Å². The summed E-state index contributed by atoms with van der Waals surface area (Å²) in [6, 6.07) is 13.1. The molecule has 0 radical (unpaired) electrons. The SMILES string of the molecule is CC(C)(C)[S@@](=O)N1Cc2cc(C(N)=O)nc(-c3cccc(-c4cccnc4)c3)c2[C@H]1CCO. The molecule has 172 valence electrons. The highest BCUT2D eigenvalue weighted by molar-refractivity contribution is 7.84. The molecule has 3 heterocycles. The van der Waals surface area contributed by atoms with E-state index in [2.05, 4.69) is 9.97 Å². The van der Waals surface area contributed by atoms with Crippen molar-refractivity contribution in [3.05, 3.63) is 71.7 Å². The summed E-state index contributed by atoms with van der Waals surface area (Å²) in [5, 5.41) is 9.82. The standard InChI is InChI=1S/C25H28N4O3S/c1-25(2,3)33(32)29-15-19-13-20(24(26)31)28-23(22(19)21(29)9-11-30)17-7-4-6-16(12-17)18-8-5-10-27-14-18/h4-8,10,12-14,21,30H,9,11,15H2,1-3H3,(H2,26,31)/t21-,33-/m1/s1. The Balaban J connectivity index is 1.90. The molecular weight excluding hydrogens is 436 g/mol. The van der Waals surface area contributed by atoms with Crippen LogP contribution < -0.4 is 5.73 Å². The van der Waals surface area contributed by atoms with Gasteiger partial charge in [0.1, 0.15) is 16.7 Å². The average molecular weight is 465 g/mol. The van der Waals surface area contributed by atoms with E-state index in [0.29, 0.717) is 18.7 Å². The van der Waals surface area contributed by atoms with Gasteiger partial charge < -0.3 is 10.8 Å². The fourth-order valence-corrected chi connectivity index (χ4v) is 5.60. The second-order valence-corrected chi connectivity index (χ2v) is 11.3. The zero-order valence-corrected chi connectivity index (χ0v) is 19.8. The summed E-state index contributed by atoms with van der Waals surface area (Å²) in [7, 11) is -1.32. The van der Waals surface area contributed by atoms with Crippen molar-refractivity contribution >= 4 is 16.9 Å². The van der Waals surface area contributed by atoms with Crippen molar-refractivity contribution in [2.75, 3.05) is 6.61 Å². The van der Waals surface area contributed by atoms with Gasteiger partial charge in [0.15, 0.2) is 0 Å². The fourth-order valence-electron chi connectivity index (χ4n) is 4.19. The molecule has 0 saturated carbocycles. The highest BCUT2D eigenvalue weighted by atomic mass is 32.2. The Hall–Kier alpha value is -2.94. The van der Waals surface area contributed by atoms with E-state index in [4.69, 9.17) is 5.73 Å². The molecule has 0 bridgehead atoms. The molecule has 4 rings (SSSR count). The fraction of sp³-hybridized carbons (Fsp3) is 0.320. The van der Waals surface area contributed by atoms with Crippen molar-refractivity contribution in [3.8, 4) is 22.4 Å². The first-order chi connectivity index (χ1) is 15.7. The maximum Gasteiger partial charge on any atom is 0.267 e. The van der Waals surface area contributed by atoms with Gasteiger partial charge in [0.25, 0.3) is 5.91 Å². The number of aromatic nitrogens is 2. The van der Waals surface area contributed by atoms with Crippen LogP contribution in [-0.2, 0) is 17.5 Å². The highest BCUT2D eigenvalue weighted by Gasteiger charge is 2.40. The van der Waals surface area contributed by atoms with Crippen LogP contribution in [0.1, 0.15) is 54.8 Å². The van der Waals surface area contributed by atoms with E-state index in [1.54, 1.807) is 18.5 Å². The van der Waals surface area contributed by atoms with Crippen molar-refractivity contribution in [2.24, 2.45) is 5.73 Å². The smallest absolute Gasteiger partial charge is 0.267 e. The van der Waals surface area contributed by atoms with Crippen LogP contribution in [-0.4, -0.2) is 40.8 Å². The highest BCUT2D eigenvalue weighted by Crippen LogP contribution is 2.44. The van der Waals surface area contributed by atoms with E-state index in [1.165, 1.54) is 0 Å². The summed E-state index contributed by atoms with van der Waals surface area (Å²) in [6.45, 7) is 6.10. The Morgan fingerprint density at radius 3 is 2.55 bits per heavy atom. The van der Waals surface area contributed by atoms with Crippen LogP contribution in [0.5, 0.6) is 0 Å². The molecule has 2 atom stereocenters. The molecule has 0 spiro atoms. The van der Waals surface area contributed by atoms with E-state index in [0.717, 1.165) is 27.8 Å². The maximum atomic E-state index is 13.4. The Bertz CT molecular complexity index is 1210. The summed E-state index contributed by atoms with van der Waals surface area (Å²) in [4.78, 5) is 20.9. The normalized spacial score (nSPS) is 17.0. The number of nitrogens with two attached hydrogens (primary N) is 1. The van der Waals surface area contributed by atoms with E-state index >= 15 is 0 Å². The topological polar surface area (TPSA) is 109 Å². The number of nitrogens with zero attached hydrogens (tertiary/aromatic N) is 3. The Labute approximate surface area is 196 Å². The summed E-state index contributed by atoms with van der Waals surface area (Å²) in [5.74, 6) is -0.614. The van der Waals surface area contributed by atoms with Gasteiger partial charge >= 0.3 is 0 Å². The molecule has 7 nitrogen and oxygen atoms in total. The molecular formula is C25H28N4O3S. The lowest BCUT2D eigenvalue weighted by Gasteiger charge is -2.30. The number of pyridine rings is 2. The first-order valence-electron chi connectivity index (χ1n) is 10.8. The quantitative estimate of drug-likeness (QED) is 0.579. The van der Waals surface area contributed by atoms with E-state index in [1.807, 2.05) is 61.5 Å². The van der Waals surface area contributed by atoms with E-state index < -0.39 is 21.6 Å². The molecule has 2 aromatic heterocycles. The monoisotopic (exact) mass is 464 g/mol. The number of hydrogen-bond acceptors (Lipinski definition) is 5. The molecule has 1 aliphatic heterocycles. The van der Waals surface area contributed by atoms with Gasteiger partial charge in [0.2, 0.25) is 0 Å². The van der Waals surface area contributed by atoms with Crippen molar-refractivity contribution < 1.29 is 14.1 Å². The number of benzene rings is 1. The van der Waals surface area contributed by atoms with Crippen LogP contribution in [0, 0.1) is 0 Å². The van der Waals surface area contributed by atoms with Gasteiger partial charge in [-0.25, -0.2) is 13.5 Å². The summed E-state index contributed by atoms with van der Waals surface area (Å²) >= 11 is 0. The van der Waals surface area contributed by atoms with Crippen LogP contribution >= 0.6 is 0 Å². The lowest BCUT2D eigenvalue weighted by atomic mass is 9.94. The molecule has 3 aromatic rings. The molecule has 1 aromatic carbocycles. The van der Waals surface area contributed by atoms with Crippen molar-refractivity contribution in [3.63, 3.8) is 0 Å². The number of aliphatic hydroxyl groups is 1. The predicted octanol–water partition coefficient (Wildman–Crippen LogP) is 3.61. The summed E-state index contributed by atoms with van der Waals surface area (Å²) in [5.41, 5.74) is 10.9. The predicted molar refractivity (Wildman–Crippen MR) is 129 cm³/mol. The van der Waals surface area contributed by atoms with Crippen molar-refractivity contribution in [2.45, 2.75) is 44.5 Å². The average Bonchev–Trinajstić information content (AvgIpc) is 3.16. The number of fused-ring (bicyclic) bond motifs is 1. The van der Waals surface area contributed by atoms with Gasteiger partial charge in [0, 0.05) is 42.2 Å². The third-order valence-corrected chi connectivity index (χ3v) is 7.53. The number of carbonyl (C=O) groups is 1. The molecule has 0 unspecified atom stereocenters. The third kappa shape index (κ3) is 4.59. The Kier molecular flexibility index (Phi) is 6.43. The molecule has 1 amide bonds. The molecule has 33 heavy (non-hydrogen) atoms. The first kappa shape index (κ1) is 23.2. The van der Waals surface area contributed by atoms with E-state index in [-0.39, 0.29) is 18.3 Å². The van der Waals surface area contributed by atoms with Gasteiger partial charge in [-0.3, -0.25) is 9.78 Å². The summed E-state index contributed by atoms with van der Waals surface area (Å²) in [6.07, 6.45) is 3.92. The minimum Gasteiger partial charge on any atom is -0.396 e. The molecule has 0 fully saturated rings. The van der Waals surface area contributed by atoms with Crippen molar-refractivity contribution in [1.82, 2.24) is 14.3 Å². The summed E-state index contributed by atoms with van der Waals surface area (Å²) < 4.78 is 14.8. The third-order valence-electron chi connectivity index (χ3n) is 5.67. The number of rotatable bonds is 6. The van der Waals surface area contributed by atoms with Crippen LogP contribution in [0.3, 0.4) is 0 Å². The number of aliphatic hydroxyl groups excluding tert-OH is 1. The number of primary amides is 1. The van der Waals surface area contributed by atoms with Crippen LogP contribution in [0.2, 0.25) is 0 Å². The van der Waals surface area contributed by atoms with E-state index in [9.17, 15) is 14.1 Å².